The number of rotatable bonds is 8. The largest absolute Gasteiger partial charge is 0.398 e. The molecule has 148 valence electrons. The first-order chi connectivity index (χ1) is 14.1. The summed E-state index contributed by atoms with van der Waals surface area (Å²) >= 11 is 0. The molecule has 0 fully saturated rings. The lowest BCUT2D eigenvalue weighted by Gasteiger charge is -2.12. The van der Waals surface area contributed by atoms with E-state index in [0.717, 1.165) is 11.3 Å². The standard InChI is InChI=1S/C22H24N6O/c23-14-27-12-15-4-5-20(24)19(10-15)22(25)17-2-1-3-18(11-17)28-13-21(29)16-6-8-26-9-7-16/h1-8,10-11,14,25-26,28H,9,12-13,24H2,(H2,23,27). The smallest absolute Gasteiger partial charge is 0.181 e. The number of allylic oxidation sites excluding steroid dienone is 1. The van der Waals surface area contributed by atoms with Crippen LogP contribution in [0.25, 0.3) is 0 Å². The van der Waals surface area contributed by atoms with Gasteiger partial charge in [-0.25, -0.2) is 0 Å². The number of anilines is 2. The van der Waals surface area contributed by atoms with Crippen LogP contribution in [0.1, 0.15) is 16.7 Å². The van der Waals surface area contributed by atoms with Gasteiger partial charge in [0.15, 0.2) is 5.78 Å². The van der Waals surface area contributed by atoms with Crippen molar-refractivity contribution in [3.8, 4) is 0 Å². The van der Waals surface area contributed by atoms with E-state index >= 15 is 0 Å². The Balaban J connectivity index is 1.73. The molecule has 1 aliphatic rings. The third-order valence-electron chi connectivity index (χ3n) is 4.51. The van der Waals surface area contributed by atoms with Crippen molar-refractivity contribution in [2.45, 2.75) is 6.54 Å². The molecular weight excluding hydrogens is 364 g/mol. The van der Waals surface area contributed by atoms with Crippen molar-refractivity contribution < 1.29 is 4.79 Å². The lowest BCUT2D eigenvalue weighted by molar-refractivity contribution is -0.113. The van der Waals surface area contributed by atoms with E-state index in [1.807, 2.05) is 42.5 Å². The van der Waals surface area contributed by atoms with Crippen LogP contribution in [0.2, 0.25) is 0 Å². The van der Waals surface area contributed by atoms with Crippen molar-refractivity contribution in [2.24, 2.45) is 10.7 Å². The fourth-order valence-electron chi connectivity index (χ4n) is 2.96. The van der Waals surface area contributed by atoms with Gasteiger partial charge < -0.3 is 22.1 Å². The van der Waals surface area contributed by atoms with E-state index in [2.05, 4.69) is 15.6 Å². The predicted octanol–water partition coefficient (Wildman–Crippen LogP) is 2.20. The number of nitrogens with two attached hydrogens (primary N) is 2. The normalized spacial score (nSPS) is 13.0. The number of benzene rings is 2. The highest BCUT2D eigenvalue weighted by Crippen LogP contribution is 2.21. The van der Waals surface area contributed by atoms with Gasteiger partial charge in [-0.2, -0.15) is 0 Å². The van der Waals surface area contributed by atoms with Crippen molar-refractivity contribution in [3.63, 3.8) is 0 Å². The quantitative estimate of drug-likeness (QED) is 0.269. The summed E-state index contributed by atoms with van der Waals surface area (Å²) in [4.78, 5) is 16.3. The molecule has 1 aliphatic heterocycles. The molecule has 0 spiro atoms. The van der Waals surface area contributed by atoms with E-state index < -0.39 is 0 Å². The number of dihydropyridines is 1. The first kappa shape index (κ1) is 19.9. The molecular formula is C22H24N6O. The molecule has 0 unspecified atom stereocenters. The molecule has 29 heavy (non-hydrogen) atoms. The molecule has 0 bridgehead atoms. The summed E-state index contributed by atoms with van der Waals surface area (Å²) in [6, 6.07) is 12.9. The molecule has 0 saturated heterocycles. The monoisotopic (exact) mass is 388 g/mol. The maximum atomic E-state index is 12.3. The van der Waals surface area contributed by atoms with Crippen LogP contribution < -0.4 is 22.1 Å². The Bertz CT molecular complexity index is 1010. The Morgan fingerprint density at radius 2 is 2.14 bits per heavy atom. The first-order valence-electron chi connectivity index (χ1n) is 9.23. The van der Waals surface area contributed by atoms with E-state index in [0.29, 0.717) is 41.2 Å². The Hall–Kier alpha value is -3.87. The van der Waals surface area contributed by atoms with Crippen LogP contribution in [0.4, 0.5) is 11.4 Å². The second-order valence-corrected chi connectivity index (χ2v) is 6.54. The Kier molecular flexibility index (Phi) is 6.42. The second-order valence-electron chi connectivity index (χ2n) is 6.54. The summed E-state index contributed by atoms with van der Waals surface area (Å²) in [5, 5.41) is 14.8. The van der Waals surface area contributed by atoms with Crippen LogP contribution in [0, 0.1) is 5.41 Å². The van der Waals surface area contributed by atoms with Gasteiger partial charge in [0.2, 0.25) is 0 Å². The lowest BCUT2D eigenvalue weighted by atomic mass is 9.98. The third-order valence-corrected chi connectivity index (χ3v) is 4.51. The second kappa shape index (κ2) is 9.36. The number of nitrogens with zero attached hydrogens (tertiary/aromatic N) is 1. The zero-order chi connectivity index (χ0) is 20.6. The summed E-state index contributed by atoms with van der Waals surface area (Å²) in [6.07, 6.45) is 6.66. The summed E-state index contributed by atoms with van der Waals surface area (Å²) < 4.78 is 0. The van der Waals surface area contributed by atoms with Crippen LogP contribution in [0.15, 0.2) is 71.4 Å². The zero-order valence-electron chi connectivity index (χ0n) is 16.0. The maximum absolute atomic E-state index is 12.3. The van der Waals surface area contributed by atoms with Gasteiger partial charge in [-0.15, -0.1) is 0 Å². The number of nitrogen functional groups attached to an aromatic ring is 1. The van der Waals surface area contributed by atoms with Crippen LogP contribution in [0.3, 0.4) is 0 Å². The van der Waals surface area contributed by atoms with Gasteiger partial charge in [0.05, 0.1) is 25.1 Å². The fourth-order valence-corrected chi connectivity index (χ4v) is 2.96. The van der Waals surface area contributed by atoms with E-state index in [1.165, 1.54) is 6.34 Å². The number of hydrogen-bond acceptors (Lipinski definition) is 6. The highest BCUT2D eigenvalue weighted by molar-refractivity contribution is 6.14. The molecule has 0 aromatic heterocycles. The summed E-state index contributed by atoms with van der Waals surface area (Å²) in [7, 11) is 0. The summed E-state index contributed by atoms with van der Waals surface area (Å²) in [5.41, 5.74) is 15.9. The highest BCUT2D eigenvalue weighted by atomic mass is 16.1. The molecule has 7 nitrogen and oxygen atoms in total. The van der Waals surface area contributed by atoms with Crippen LogP contribution >= 0.6 is 0 Å². The van der Waals surface area contributed by atoms with E-state index in [4.69, 9.17) is 16.9 Å². The minimum atomic E-state index is 0.0145. The van der Waals surface area contributed by atoms with Gasteiger partial charge >= 0.3 is 0 Å². The molecule has 0 atom stereocenters. The number of aliphatic imine (C=N–C) groups is 1. The van der Waals surface area contributed by atoms with E-state index in [9.17, 15) is 4.79 Å². The molecule has 3 rings (SSSR count). The molecule has 2 aromatic carbocycles. The van der Waals surface area contributed by atoms with Crippen LogP contribution in [0.5, 0.6) is 0 Å². The Morgan fingerprint density at radius 3 is 2.90 bits per heavy atom. The van der Waals surface area contributed by atoms with Gasteiger partial charge in [-0.3, -0.25) is 15.2 Å². The van der Waals surface area contributed by atoms with Crippen molar-refractivity contribution in [1.29, 1.82) is 5.41 Å². The average Bonchev–Trinajstić information content (AvgIpc) is 2.77. The maximum Gasteiger partial charge on any atom is 0.181 e. The van der Waals surface area contributed by atoms with Gasteiger partial charge in [0.1, 0.15) is 0 Å². The van der Waals surface area contributed by atoms with Gasteiger partial charge in [-0.05, 0) is 42.1 Å². The number of hydrogen-bond donors (Lipinski definition) is 5. The summed E-state index contributed by atoms with van der Waals surface area (Å²) in [6.45, 7) is 1.27. The van der Waals surface area contributed by atoms with Crippen molar-refractivity contribution in [3.05, 3.63) is 83.1 Å². The molecule has 0 saturated carbocycles. The minimum absolute atomic E-state index is 0.0145. The minimum Gasteiger partial charge on any atom is -0.398 e. The zero-order valence-corrected chi connectivity index (χ0v) is 16.0. The fraction of sp³-hybridized carbons (Fsp3) is 0.136. The van der Waals surface area contributed by atoms with Crippen LogP contribution in [-0.2, 0) is 11.3 Å². The number of ketones is 1. The van der Waals surface area contributed by atoms with Gasteiger partial charge in [0, 0.05) is 34.6 Å². The average molecular weight is 388 g/mol. The lowest BCUT2D eigenvalue weighted by Crippen LogP contribution is -2.19. The van der Waals surface area contributed by atoms with Crippen molar-refractivity contribution >= 4 is 29.2 Å². The molecule has 0 aliphatic carbocycles. The molecule has 7 N–H and O–H groups in total. The highest BCUT2D eigenvalue weighted by Gasteiger charge is 2.12. The number of nitrogens with one attached hydrogen (secondary N) is 3. The Morgan fingerprint density at radius 1 is 1.28 bits per heavy atom. The predicted molar refractivity (Wildman–Crippen MR) is 118 cm³/mol. The molecule has 0 radical (unpaired) electrons. The number of carbonyl (C=O) groups excluding carboxylic acids is 1. The van der Waals surface area contributed by atoms with E-state index in [1.54, 1.807) is 18.3 Å². The Labute approximate surface area is 169 Å². The van der Waals surface area contributed by atoms with Gasteiger partial charge in [0.25, 0.3) is 0 Å². The van der Waals surface area contributed by atoms with E-state index in [-0.39, 0.29) is 12.3 Å². The SMILES string of the molecule is N=C(c1cccc(NCC(=O)C2=CCNC=C2)c1)c1cc(CN=CN)ccc1N. The molecule has 2 aromatic rings. The third kappa shape index (κ3) is 5.10. The molecule has 7 heteroatoms. The van der Waals surface area contributed by atoms with Gasteiger partial charge in [-0.1, -0.05) is 24.3 Å². The number of carbonyl (C=O) groups is 1. The first-order valence-corrected chi connectivity index (χ1v) is 9.23. The summed E-state index contributed by atoms with van der Waals surface area (Å²) in [5.74, 6) is 0.0145. The number of Topliss-reactive ketones (excluding diaryl/α,β-unsaturated/α-hetero) is 1. The molecule has 1 heterocycles. The van der Waals surface area contributed by atoms with Crippen LogP contribution in [-0.4, -0.2) is 30.9 Å². The molecule has 0 amide bonds. The van der Waals surface area contributed by atoms with Crippen molar-refractivity contribution in [1.82, 2.24) is 5.32 Å². The topological polar surface area (TPSA) is 129 Å². The van der Waals surface area contributed by atoms with Crippen molar-refractivity contribution in [2.75, 3.05) is 24.1 Å².